The first-order valence-electron chi connectivity index (χ1n) is 6.42. The van der Waals surface area contributed by atoms with Crippen LogP contribution in [0.4, 0.5) is 0 Å². The summed E-state index contributed by atoms with van der Waals surface area (Å²) in [6, 6.07) is -0.174. The highest BCUT2D eigenvalue weighted by atomic mass is 32.2. The number of rotatable bonds is 5. The monoisotopic (exact) mass is 247 g/mol. The Morgan fingerprint density at radius 2 is 2.06 bits per heavy atom. The van der Waals surface area contributed by atoms with Crippen molar-refractivity contribution in [3.8, 4) is 0 Å². The fourth-order valence-corrected chi connectivity index (χ4v) is 4.78. The summed E-state index contributed by atoms with van der Waals surface area (Å²) in [7, 11) is -2.96. The molecule has 3 nitrogen and oxygen atoms in total. The second-order valence-corrected chi connectivity index (χ2v) is 7.60. The van der Waals surface area contributed by atoms with Crippen LogP contribution in [0.1, 0.15) is 52.4 Å². The molecule has 3 atom stereocenters. The van der Waals surface area contributed by atoms with Gasteiger partial charge in [-0.05, 0) is 25.2 Å². The Hall–Kier alpha value is -0.0900. The molecule has 1 saturated carbocycles. The normalized spacial score (nSPS) is 28.9. The zero-order valence-electron chi connectivity index (χ0n) is 10.5. The van der Waals surface area contributed by atoms with Crippen molar-refractivity contribution in [2.24, 2.45) is 11.7 Å². The molecule has 0 aromatic rings. The van der Waals surface area contributed by atoms with E-state index in [1.807, 2.05) is 6.92 Å². The summed E-state index contributed by atoms with van der Waals surface area (Å²) in [6.07, 6.45) is 5.66. The van der Waals surface area contributed by atoms with Gasteiger partial charge in [0.1, 0.15) is 0 Å². The summed E-state index contributed by atoms with van der Waals surface area (Å²) in [5.74, 6) is 0.731. The fraction of sp³-hybridized carbons (Fsp3) is 1.00. The van der Waals surface area contributed by atoms with Gasteiger partial charge in [-0.25, -0.2) is 8.42 Å². The highest BCUT2D eigenvalue weighted by Crippen LogP contribution is 2.29. The zero-order chi connectivity index (χ0) is 12.2. The highest BCUT2D eigenvalue weighted by Gasteiger charge is 2.31. The molecule has 1 aliphatic carbocycles. The van der Waals surface area contributed by atoms with E-state index < -0.39 is 9.84 Å². The van der Waals surface area contributed by atoms with Crippen LogP contribution in [0.5, 0.6) is 0 Å². The molecule has 16 heavy (non-hydrogen) atoms. The third-order valence-electron chi connectivity index (χ3n) is 3.50. The molecule has 0 heterocycles. The third-order valence-corrected chi connectivity index (χ3v) is 5.84. The standard InChI is InChI=1S/C12H25NO2S/c1-3-5-11(13)9-16(14,15)12-7-4-6-10(2)8-12/h10-12H,3-9,13H2,1-2H3. The minimum Gasteiger partial charge on any atom is -0.327 e. The minimum atomic E-state index is -2.96. The molecule has 0 aliphatic heterocycles. The lowest BCUT2D eigenvalue weighted by atomic mass is 9.91. The highest BCUT2D eigenvalue weighted by molar-refractivity contribution is 7.92. The first kappa shape index (κ1) is 14.0. The quantitative estimate of drug-likeness (QED) is 0.809. The van der Waals surface area contributed by atoms with E-state index in [-0.39, 0.29) is 17.0 Å². The van der Waals surface area contributed by atoms with Crippen molar-refractivity contribution in [3.05, 3.63) is 0 Å². The van der Waals surface area contributed by atoms with Crippen molar-refractivity contribution in [1.82, 2.24) is 0 Å². The van der Waals surface area contributed by atoms with E-state index in [0.717, 1.165) is 32.1 Å². The molecule has 0 saturated heterocycles. The predicted octanol–water partition coefficient (Wildman–Crippen LogP) is 2.11. The topological polar surface area (TPSA) is 60.2 Å². The van der Waals surface area contributed by atoms with Crippen molar-refractivity contribution in [3.63, 3.8) is 0 Å². The van der Waals surface area contributed by atoms with Crippen LogP contribution in [0, 0.1) is 5.92 Å². The molecule has 0 spiro atoms. The van der Waals surface area contributed by atoms with Crippen molar-refractivity contribution in [1.29, 1.82) is 0 Å². The lowest BCUT2D eigenvalue weighted by Crippen LogP contribution is -2.37. The van der Waals surface area contributed by atoms with E-state index >= 15 is 0 Å². The Kier molecular flexibility index (Phi) is 5.25. The SMILES string of the molecule is CCCC(N)CS(=O)(=O)C1CCCC(C)C1. The molecule has 0 radical (unpaired) electrons. The van der Waals surface area contributed by atoms with E-state index in [9.17, 15) is 8.42 Å². The van der Waals surface area contributed by atoms with Gasteiger partial charge in [0.15, 0.2) is 9.84 Å². The Morgan fingerprint density at radius 3 is 2.62 bits per heavy atom. The van der Waals surface area contributed by atoms with Crippen LogP contribution >= 0.6 is 0 Å². The number of sulfone groups is 1. The van der Waals surface area contributed by atoms with Gasteiger partial charge in [-0.1, -0.05) is 33.1 Å². The van der Waals surface area contributed by atoms with Crippen molar-refractivity contribution in [2.45, 2.75) is 63.7 Å². The molecular weight excluding hydrogens is 222 g/mol. The number of hydrogen-bond acceptors (Lipinski definition) is 3. The summed E-state index contributed by atoms with van der Waals surface area (Å²) >= 11 is 0. The molecule has 0 aromatic carbocycles. The van der Waals surface area contributed by atoms with Gasteiger partial charge >= 0.3 is 0 Å². The second kappa shape index (κ2) is 6.01. The molecule has 2 N–H and O–H groups in total. The first-order chi connectivity index (χ1) is 7.45. The van der Waals surface area contributed by atoms with Crippen molar-refractivity contribution >= 4 is 9.84 Å². The maximum Gasteiger partial charge on any atom is 0.154 e. The van der Waals surface area contributed by atoms with E-state index in [1.165, 1.54) is 6.42 Å². The molecule has 96 valence electrons. The van der Waals surface area contributed by atoms with Crippen LogP contribution in [0.3, 0.4) is 0 Å². The van der Waals surface area contributed by atoms with E-state index in [4.69, 9.17) is 5.73 Å². The van der Waals surface area contributed by atoms with Crippen LogP contribution in [-0.2, 0) is 9.84 Å². The maximum absolute atomic E-state index is 12.1. The van der Waals surface area contributed by atoms with Crippen LogP contribution in [0.15, 0.2) is 0 Å². The average molecular weight is 247 g/mol. The van der Waals surface area contributed by atoms with Gasteiger partial charge in [0.2, 0.25) is 0 Å². The molecule has 0 bridgehead atoms. The van der Waals surface area contributed by atoms with Gasteiger partial charge in [-0.2, -0.15) is 0 Å². The Balaban J connectivity index is 2.55. The second-order valence-electron chi connectivity index (χ2n) is 5.27. The Bertz CT molecular complexity index is 300. The van der Waals surface area contributed by atoms with Crippen LogP contribution in [0.2, 0.25) is 0 Å². The van der Waals surface area contributed by atoms with Crippen molar-refractivity contribution in [2.75, 3.05) is 5.75 Å². The molecule has 4 heteroatoms. The van der Waals surface area contributed by atoms with Gasteiger partial charge in [0.25, 0.3) is 0 Å². The van der Waals surface area contributed by atoms with E-state index in [2.05, 4.69) is 6.92 Å². The Morgan fingerprint density at radius 1 is 1.38 bits per heavy atom. The van der Waals surface area contributed by atoms with Crippen LogP contribution in [-0.4, -0.2) is 25.5 Å². The molecule has 1 aliphatic rings. The molecule has 0 amide bonds. The van der Waals surface area contributed by atoms with Gasteiger partial charge in [0.05, 0.1) is 11.0 Å². The minimum absolute atomic E-state index is 0.126. The molecule has 3 unspecified atom stereocenters. The predicted molar refractivity (Wildman–Crippen MR) is 68.1 cm³/mol. The largest absolute Gasteiger partial charge is 0.327 e. The summed E-state index contributed by atoms with van der Waals surface area (Å²) in [5, 5.41) is -0.126. The summed E-state index contributed by atoms with van der Waals surface area (Å²) in [4.78, 5) is 0. The summed E-state index contributed by atoms with van der Waals surface area (Å²) < 4.78 is 24.3. The molecule has 0 aromatic heterocycles. The third kappa shape index (κ3) is 4.06. The summed E-state index contributed by atoms with van der Waals surface area (Å²) in [6.45, 7) is 4.18. The molecular formula is C12H25NO2S. The Labute approximate surface area is 99.7 Å². The summed E-state index contributed by atoms with van der Waals surface area (Å²) in [5.41, 5.74) is 5.83. The average Bonchev–Trinajstić information content (AvgIpc) is 2.17. The number of nitrogens with two attached hydrogens (primary N) is 1. The zero-order valence-corrected chi connectivity index (χ0v) is 11.3. The smallest absolute Gasteiger partial charge is 0.154 e. The van der Waals surface area contributed by atoms with E-state index in [0.29, 0.717) is 5.92 Å². The van der Waals surface area contributed by atoms with Crippen LogP contribution < -0.4 is 5.73 Å². The van der Waals surface area contributed by atoms with Gasteiger partial charge in [-0.3, -0.25) is 0 Å². The maximum atomic E-state index is 12.1. The van der Waals surface area contributed by atoms with E-state index in [1.54, 1.807) is 0 Å². The van der Waals surface area contributed by atoms with Gasteiger partial charge in [0, 0.05) is 6.04 Å². The van der Waals surface area contributed by atoms with Crippen LogP contribution in [0.25, 0.3) is 0 Å². The molecule has 1 rings (SSSR count). The van der Waals surface area contributed by atoms with Gasteiger partial charge in [-0.15, -0.1) is 0 Å². The lowest BCUT2D eigenvalue weighted by Gasteiger charge is -2.27. The van der Waals surface area contributed by atoms with Crippen molar-refractivity contribution < 1.29 is 8.42 Å². The fourth-order valence-electron chi connectivity index (χ4n) is 2.59. The molecule has 1 fully saturated rings. The first-order valence-corrected chi connectivity index (χ1v) is 8.14. The van der Waals surface area contributed by atoms with Gasteiger partial charge < -0.3 is 5.73 Å². The lowest BCUT2D eigenvalue weighted by molar-refractivity contribution is 0.381. The number of hydrogen-bond donors (Lipinski definition) is 1.